The summed E-state index contributed by atoms with van der Waals surface area (Å²) in [7, 11) is 0. The van der Waals surface area contributed by atoms with E-state index in [9.17, 15) is 5.11 Å². The van der Waals surface area contributed by atoms with Gasteiger partial charge >= 0.3 is 0 Å². The van der Waals surface area contributed by atoms with E-state index in [0.717, 1.165) is 38.8 Å². The zero-order chi connectivity index (χ0) is 14.2. The van der Waals surface area contributed by atoms with Gasteiger partial charge in [-0.2, -0.15) is 5.10 Å². The molecule has 0 amide bonds. The Balaban J connectivity index is 1.51. The van der Waals surface area contributed by atoms with Gasteiger partial charge in [-0.15, -0.1) is 0 Å². The van der Waals surface area contributed by atoms with E-state index in [0.29, 0.717) is 12.0 Å². The fraction of sp³-hybridized carbons (Fsp3) is 0.867. The van der Waals surface area contributed by atoms with Crippen LogP contribution in [0.1, 0.15) is 51.9 Å². The van der Waals surface area contributed by atoms with Gasteiger partial charge in [-0.3, -0.25) is 4.68 Å². The molecule has 1 aromatic heterocycles. The van der Waals surface area contributed by atoms with Crippen molar-refractivity contribution in [1.82, 2.24) is 20.1 Å². The van der Waals surface area contributed by atoms with Gasteiger partial charge in [-0.05, 0) is 51.5 Å². The monoisotopic (exact) mass is 280 g/mol. The van der Waals surface area contributed by atoms with Crippen molar-refractivity contribution in [2.45, 2.75) is 70.6 Å². The maximum absolute atomic E-state index is 9.93. The fourth-order valence-electron chi connectivity index (χ4n) is 3.01. The largest absolute Gasteiger partial charge is 0.393 e. The van der Waals surface area contributed by atoms with Crippen LogP contribution in [0, 0.1) is 5.92 Å². The Hall–Kier alpha value is -0.940. The summed E-state index contributed by atoms with van der Waals surface area (Å²) in [6, 6.07) is 0.496. The van der Waals surface area contributed by atoms with Gasteiger partial charge in [0.1, 0.15) is 12.7 Å². The number of nitrogens with one attached hydrogen (secondary N) is 1. The Bertz CT molecular complexity index is 355. The van der Waals surface area contributed by atoms with E-state index in [1.54, 1.807) is 12.7 Å². The molecule has 3 atom stereocenters. The number of nitrogens with zero attached hydrogens (tertiary/aromatic N) is 3. The molecule has 1 fully saturated rings. The summed E-state index contributed by atoms with van der Waals surface area (Å²) in [5, 5.41) is 17.6. The predicted octanol–water partition coefficient (Wildman–Crippen LogP) is 1.98. The third kappa shape index (κ3) is 5.21. The molecule has 2 rings (SSSR count). The molecule has 0 spiro atoms. The molecule has 2 N–H and O–H groups in total. The molecule has 0 bridgehead atoms. The minimum Gasteiger partial charge on any atom is -0.393 e. The molecule has 1 aromatic rings. The highest BCUT2D eigenvalue weighted by Crippen LogP contribution is 2.27. The molecule has 5 heteroatoms. The molecule has 1 aliphatic rings. The number of aryl methyl sites for hydroxylation is 1. The highest BCUT2D eigenvalue weighted by Gasteiger charge is 2.22. The quantitative estimate of drug-likeness (QED) is 0.715. The molecule has 114 valence electrons. The number of hydrogen-bond donors (Lipinski definition) is 2. The highest BCUT2D eigenvalue weighted by atomic mass is 16.3. The van der Waals surface area contributed by atoms with Crippen LogP contribution in [0.15, 0.2) is 12.7 Å². The lowest BCUT2D eigenvalue weighted by molar-refractivity contribution is 0.0642. The van der Waals surface area contributed by atoms with Crippen LogP contribution < -0.4 is 5.32 Å². The number of aliphatic hydroxyl groups is 1. The minimum absolute atomic E-state index is 0.0477. The lowest BCUT2D eigenvalue weighted by Gasteiger charge is -2.27. The van der Waals surface area contributed by atoms with E-state index in [2.05, 4.69) is 22.3 Å². The van der Waals surface area contributed by atoms with E-state index >= 15 is 0 Å². The van der Waals surface area contributed by atoms with E-state index in [-0.39, 0.29) is 6.10 Å². The van der Waals surface area contributed by atoms with Crippen LogP contribution in [0.5, 0.6) is 0 Å². The average Bonchev–Trinajstić information content (AvgIpc) is 2.96. The van der Waals surface area contributed by atoms with Crippen LogP contribution in [0.4, 0.5) is 0 Å². The second-order valence-corrected chi connectivity index (χ2v) is 6.06. The molecule has 1 heterocycles. The summed E-state index contributed by atoms with van der Waals surface area (Å²) < 4.78 is 1.87. The second-order valence-electron chi connectivity index (χ2n) is 6.06. The van der Waals surface area contributed by atoms with E-state index < -0.39 is 0 Å². The molecule has 0 aromatic carbocycles. The van der Waals surface area contributed by atoms with Crippen molar-refractivity contribution in [2.24, 2.45) is 5.92 Å². The topological polar surface area (TPSA) is 63.0 Å². The Kier molecular flexibility index (Phi) is 6.47. The first-order valence-corrected chi connectivity index (χ1v) is 7.99. The van der Waals surface area contributed by atoms with Crippen LogP contribution in [-0.2, 0) is 6.54 Å². The Labute approximate surface area is 121 Å². The van der Waals surface area contributed by atoms with Gasteiger partial charge in [-0.25, -0.2) is 4.98 Å². The molecular formula is C15H28N4O. The van der Waals surface area contributed by atoms with Gasteiger partial charge in [-0.1, -0.05) is 12.8 Å². The van der Waals surface area contributed by atoms with E-state index in [4.69, 9.17) is 0 Å². The smallest absolute Gasteiger partial charge is 0.137 e. The van der Waals surface area contributed by atoms with Gasteiger partial charge in [0.05, 0.1) is 6.10 Å². The summed E-state index contributed by atoms with van der Waals surface area (Å²) in [4.78, 5) is 3.94. The van der Waals surface area contributed by atoms with Crippen molar-refractivity contribution < 1.29 is 5.11 Å². The molecule has 1 aliphatic carbocycles. The summed E-state index contributed by atoms with van der Waals surface area (Å²) in [5.74, 6) is 0.538. The summed E-state index contributed by atoms with van der Waals surface area (Å²) >= 11 is 0. The summed E-state index contributed by atoms with van der Waals surface area (Å²) in [6.45, 7) is 4.17. The number of aromatic nitrogens is 3. The third-order valence-corrected chi connectivity index (χ3v) is 4.37. The zero-order valence-corrected chi connectivity index (χ0v) is 12.5. The van der Waals surface area contributed by atoms with Crippen molar-refractivity contribution in [3.63, 3.8) is 0 Å². The minimum atomic E-state index is -0.0477. The third-order valence-electron chi connectivity index (χ3n) is 4.37. The Morgan fingerprint density at radius 1 is 1.40 bits per heavy atom. The van der Waals surface area contributed by atoms with Gasteiger partial charge in [0.25, 0.3) is 0 Å². The molecule has 3 unspecified atom stereocenters. The van der Waals surface area contributed by atoms with Crippen LogP contribution in [0.2, 0.25) is 0 Å². The summed E-state index contributed by atoms with van der Waals surface area (Å²) in [6.07, 6.45) is 11.4. The van der Waals surface area contributed by atoms with Crippen LogP contribution in [0.25, 0.3) is 0 Å². The van der Waals surface area contributed by atoms with Crippen LogP contribution >= 0.6 is 0 Å². The molecule has 0 saturated heterocycles. The maximum Gasteiger partial charge on any atom is 0.137 e. The first-order valence-electron chi connectivity index (χ1n) is 7.99. The lowest BCUT2D eigenvalue weighted by Crippen LogP contribution is -2.30. The first kappa shape index (κ1) is 15.4. The second kappa shape index (κ2) is 8.37. The molecule has 0 radical (unpaired) electrons. The number of aliphatic hydroxyl groups excluding tert-OH is 1. The highest BCUT2D eigenvalue weighted by molar-refractivity contribution is 4.75. The van der Waals surface area contributed by atoms with E-state index in [1.165, 1.54) is 19.3 Å². The van der Waals surface area contributed by atoms with Crippen molar-refractivity contribution >= 4 is 0 Å². The Morgan fingerprint density at radius 2 is 2.25 bits per heavy atom. The predicted molar refractivity (Wildman–Crippen MR) is 79.3 cm³/mol. The number of rotatable bonds is 8. The van der Waals surface area contributed by atoms with Gasteiger partial charge in [0.15, 0.2) is 0 Å². The molecule has 0 aliphatic heterocycles. The van der Waals surface area contributed by atoms with Gasteiger partial charge in [0.2, 0.25) is 0 Å². The lowest BCUT2D eigenvalue weighted by atomic mass is 9.83. The van der Waals surface area contributed by atoms with Crippen molar-refractivity contribution in [3.8, 4) is 0 Å². The van der Waals surface area contributed by atoms with Crippen molar-refractivity contribution in [3.05, 3.63) is 12.7 Å². The van der Waals surface area contributed by atoms with Crippen molar-refractivity contribution in [1.29, 1.82) is 0 Å². The SMILES string of the molecule is CC(CCn1cncn1)NCCCC1CCCCC1O. The van der Waals surface area contributed by atoms with E-state index in [1.807, 2.05) is 4.68 Å². The fourth-order valence-corrected chi connectivity index (χ4v) is 3.01. The van der Waals surface area contributed by atoms with Crippen molar-refractivity contribution in [2.75, 3.05) is 6.54 Å². The standard InChI is InChI=1S/C15H28N4O/c1-13(8-10-19-12-16-11-18-19)17-9-4-6-14-5-2-3-7-15(14)20/h11-15,17,20H,2-10H2,1H3. The molecule has 1 saturated carbocycles. The summed E-state index contributed by atoms with van der Waals surface area (Å²) in [5.41, 5.74) is 0. The van der Waals surface area contributed by atoms with Crippen LogP contribution in [-0.4, -0.2) is 38.6 Å². The number of hydrogen-bond acceptors (Lipinski definition) is 4. The average molecular weight is 280 g/mol. The maximum atomic E-state index is 9.93. The molecule has 5 nitrogen and oxygen atoms in total. The van der Waals surface area contributed by atoms with Gasteiger partial charge < -0.3 is 10.4 Å². The first-order chi connectivity index (χ1) is 9.75. The zero-order valence-electron chi connectivity index (χ0n) is 12.5. The van der Waals surface area contributed by atoms with Crippen LogP contribution in [0.3, 0.4) is 0 Å². The Morgan fingerprint density at radius 3 is 3.00 bits per heavy atom. The van der Waals surface area contributed by atoms with Gasteiger partial charge in [0, 0.05) is 12.6 Å². The normalized spacial score (nSPS) is 24.7. The molecule has 20 heavy (non-hydrogen) atoms. The molecular weight excluding hydrogens is 252 g/mol.